The zero-order valence-electron chi connectivity index (χ0n) is 28.8. The predicted molar refractivity (Wildman–Crippen MR) is 181 cm³/mol. The van der Waals surface area contributed by atoms with Crippen molar-refractivity contribution in [3.05, 3.63) is 77.2 Å². The Kier molecular flexibility index (Phi) is 12.6. The Morgan fingerprint density at radius 3 is 1.71 bits per heavy atom. The van der Waals surface area contributed by atoms with Gasteiger partial charge in [-0.05, 0) is 86.2 Å². The van der Waals surface area contributed by atoms with Crippen LogP contribution >= 0.6 is 15.9 Å². The van der Waals surface area contributed by atoms with E-state index in [0.29, 0.717) is 32.9 Å². The summed E-state index contributed by atoms with van der Waals surface area (Å²) < 4.78 is 16.3. The van der Waals surface area contributed by atoms with Crippen molar-refractivity contribution >= 4 is 41.6 Å². The molecule has 3 rings (SSSR count). The van der Waals surface area contributed by atoms with Crippen LogP contribution < -0.4 is 4.74 Å². The number of nitrogens with zero attached hydrogens (tertiary/aromatic N) is 2. The fourth-order valence-electron chi connectivity index (χ4n) is 4.16. The number of hydrogen-bond acceptors (Lipinski definition) is 9. The average Bonchev–Trinajstić information content (AvgIpc) is 3.09. The monoisotopic (exact) mass is 710 g/mol. The minimum atomic E-state index is -1.49. The van der Waals surface area contributed by atoms with Gasteiger partial charge in [0.2, 0.25) is 8.32 Å². The van der Waals surface area contributed by atoms with E-state index < -0.39 is 23.6 Å². The van der Waals surface area contributed by atoms with Crippen LogP contribution in [0.4, 0.5) is 11.4 Å². The standard InChI is InChI=1S/C14H17NO4.C10H12BrNO3.C8H18O2Si/c1-13(2,3)8-6-9-11(7-10(8)15(17)18)19-12(16)14(9,4)5;1-10(2,3)6-4-7(11)9(13)5-8(6)12(14)15;1-7(2)8(9-3)10-11(4,5)6/h6-7H,1-5H3;4-5,13H,1-3H3;1-6H3. The lowest BCUT2D eigenvalue weighted by atomic mass is 9.79. The number of methoxy groups -OCH3 is 1. The summed E-state index contributed by atoms with van der Waals surface area (Å²) in [7, 11) is 0.154. The molecule has 45 heavy (non-hydrogen) atoms. The van der Waals surface area contributed by atoms with Crippen molar-refractivity contribution in [3.63, 3.8) is 0 Å². The molecule has 0 aliphatic carbocycles. The maximum absolute atomic E-state index is 11.8. The highest BCUT2D eigenvalue weighted by Gasteiger charge is 2.43. The molecule has 1 N–H and O–H groups in total. The third kappa shape index (κ3) is 10.6. The number of allylic oxidation sites excluding steroid dienone is 1. The smallest absolute Gasteiger partial charge is 0.321 e. The average molecular weight is 712 g/mol. The molecule has 2 aromatic rings. The van der Waals surface area contributed by atoms with E-state index in [0.717, 1.165) is 5.57 Å². The fourth-order valence-corrected chi connectivity index (χ4v) is 5.35. The van der Waals surface area contributed by atoms with Crippen molar-refractivity contribution in [3.8, 4) is 11.5 Å². The second kappa shape index (κ2) is 14.3. The van der Waals surface area contributed by atoms with Crippen LogP contribution in [0.2, 0.25) is 19.6 Å². The van der Waals surface area contributed by atoms with Crippen molar-refractivity contribution in [2.45, 2.75) is 105 Å². The van der Waals surface area contributed by atoms with Gasteiger partial charge in [-0.1, -0.05) is 41.5 Å². The second-order valence-electron chi connectivity index (χ2n) is 14.4. The summed E-state index contributed by atoms with van der Waals surface area (Å²) >= 11 is 3.15. The number of aromatic hydroxyl groups is 1. The summed E-state index contributed by atoms with van der Waals surface area (Å²) in [5.74, 6) is 0.497. The summed E-state index contributed by atoms with van der Waals surface area (Å²) in [4.78, 5) is 32.9. The predicted octanol–water partition coefficient (Wildman–Crippen LogP) is 9.19. The van der Waals surface area contributed by atoms with Crippen LogP contribution in [0.1, 0.15) is 85.9 Å². The third-order valence-electron chi connectivity index (χ3n) is 6.55. The lowest BCUT2D eigenvalue weighted by Crippen LogP contribution is -2.26. The van der Waals surface area contributed by atoms with E-state index in [1.54, 1.807) is 33.1 Å². The van der Waals surface area contributed by atoms with E-state index in [9.17, 15) is 30.1 Å². The van der Waals surface area contributed by atoms with Crippen LogP contribution in [0.15, 0.2) is 40.3 Å². The molecule has 1 heterocycles. The Labute approximate surface area is 275 Å². The molecule has 0 atom stereocenters. The van der Waals surface area contributed by atoms with E-state index in [1.165, 1.54) is 12.1 Å². The quantitative estimate of drug-likeness (QED) is 0.0799. The molecule has 0 fully saturated rings. The van der Waals surface area contributed by atoms with E-state index >= 15 is 0 Å². The minimum absolute atomic E-state index is 0.00301. The van der Waals surface area contributed by atoms with Crippen LogP contribution in [-0.4, -0.2) is 36.3 Å². The number of nitro groups is 2. The molecule has 0 amide bonds. The summed E-state index contributed by atoms with van der Waals surface area (Å²) in [6.45, 7) is 25.3. The molecule has 1 aliphatic heterocycles. The fraction of sp³-hybridized carbons (Fsp3) is 0.531. The van der Waals surface area contributed by atoms with E-state index in [2.05, 4.69) is 35.6 Å². The number of hydrogen-bond donors (Lipinski definition) is 1. The van der Waals surface area contributed by atoms with Crippen LogP contribution in [0, 0.1) is 20.2 Å². The van der Waals surface area contributed by atoms with Crippen LogP contribution in [-0.2, 0) is 30.2 Å². The SMILES string of the molecule is CC(C)(C)c1cc(Br)c(O)cc1[N+](=O)[O-].CC(C)(C)c1cc2c(cc1[N+](=O)[O-])OC(=O)C2(C)C.COC(O[Si](C)(C)C)=C(C)C. The van der Waals surface area contributed by atoms with Gasteiger partial charge in [0, 0.05) is 22.3 Å². The highest BCUT2D eigenvalue weighted by molar-refractivity contribution is 9.10. The van der Waals surface area contributed by atoms with Gasteiger partial charge in [-0.25, -0.2) is 0 Å². The van der Waals surface area contributed by atoms with Gasteiger partial charge in [0.15, 0.2) is 0 Å². The third-order valence-corrected chi connectivity index (χ3v) is 7.98. The van der Waals surface area contributed by atoms with Gasteiger partial charge in [-0.15, -0.1) is 0 Å². The number of rotatable bonds is 5. The first kappa shape index (κ1) is 39.6. The first-order valence-corrected chi connectivity index (χ1v) is 18.5. The topological polar surface area (TPSA) is 151 Å². The molecule has 13 heteroatoms. The molecule has 1 aliphatic rings. The van der Waals surface area contributed by atoms with E-state index in [-0.39, 0.29) is 33.9 Å². The molecule has 0 spiro atoms. The van der Waals surface area contributed by atoms with Crippen molar-refractivity contribution < 1.29 is 33.6 Å². The van der Waals surface area contributed by atoms with Gasteiger partial charge < -0.3 is 19.0 Å². The van der Waals surface area contributed by atoms with Gasteiger partial charge in [0.05, 0.1) is 39.0 Å². The molecular weight excluding hydrogens is 664 g/mol. The summed E-state index contributed by atoms with van der Waals surface area (Å²) in [6, 6.07) is 5.86. The zero-order chi connectivity index (χ0) is 35.5. The first-order chi connectivity index (χ1) is 20.1. The van der Waals surface area contributed by atoms with Gasteiger partial charge in [-0.2, -0.15) is 0 Å². The normalized spacial score (nSPS) is 13.6. The number of nitro benzene ring substituents is 2. The van der Waals surface area contributed by atoms with Crippen LogP contribution in [0.3, 0.4) is 0 Å². The minimum Gasteiger partial charge on any atom is -0.520 e. The maximum Gasteiger partial charge on any atom is 0.321 e. The number of carbonyl (C=O) groups is 1. The molecule has 250 valence electrons. The van der Waals surface area contributed by atoms with E-state index in [1.807, 2.05) is 55.4 Å². The molecular formula is C32H47BrN2O9Si. The highest BCUT2D eigenvalue weighted by Crippen LogP contribution is 2.45. The lowest BCUT2D eigenvalue weighted by molar-refractivity contribution is -0.386. The largest absolute Gasteiger partial charge is 0.520 e. The van der Waals surface area contributed by atoms with Crippen LogP contribution in [0.5, 0.6) is 11.5 Å². The summed E-state index contributed by atoms with van der Waals surface area (Å²) in [6.07, 6.45) is 0. The Bertz CT molecular complexity index is 1480. The number of phenolic OH excluding ortho intramolecular Hbond substituents is 1. The second-order valence-corrected chi connectivity index (χ2v) is 19.7. The number of carbonyl (C=O) groups excluding carboxylic acids is 1. The lowest BCUT2D eigenvalue weighted by Gasteiger charge is -2.21. The number of esters is 1. The maximum atomic E-state index is 11.8. The van der Waals surface area contributed by atoms with E-state index in [4.69, 9.17) is 13.9 Å². The van der Waals surface area contributed by atoms with Crippen molar-refractivity contribution in [1.29, 1.82) is 0 Å². The van der Waals surface area contributed by atoms with Gasteiger partial charge in [0.25, 0.3) is 17.3 Å². The number of halogens is 1. The first-order valence-electron chi connectivity index (χ1n) is 14.3. The molecule has 0 bridgehead atoms. The van der Waals surface area contributed by atoms with Crippen molar-refractivity contribution in [2.75, 3.05) is 7.11 Å². The molecule has 0 saturated heterocycles. The van der Waals surface area contributed by atoms with Crippen LogP contribution in [0.25, 0.3) is 0 Å². The number of ether oxygens (including phenoxy) is 2. The molecule has 0 saturated carbocycles. The molecule has 2 aromatic carbocycles. The zero-order valence-corrected chi connectivity index (χ0v) is 31.4. The molecule has 0 unspecified atom stereocenters. The molecule has 0 radical (unpaired) electrons. The highest BCUT2D eigenvalue weighted by atomic mass is 79.9. The molecule has 11 nitrogen and oxygen atoms in total. The number of fused-ring (bicyclic) bond motifs is 1. The van der Waals surface area contributed by atoms with Crippen molar-refractivity contribution in [1.82, 2.24) is 0 Å². The molecule has 0 aromatic heterocycles. The number of benzene rings is 2. The summed E-state index contributed by atoms with van der Waals surface area (Å²) in [5, 5.41) is 31.4. The Hall–Kier alpha value is -3.45. The Balaban J connectivity index is 0.000000352. The summed E-state index contributed by atoms with van der Waals surface area (Å²) in [5.41, 5.74) is 1.49. The van der Waals surface area contributed by atoms with Gasteiger partial charge in [0.1, 0.15) is 11.5 Å². The van der Waals surface area contributed by atoms with Gasteiger partial charge >= 0.3 is 5.97 Å². The Morgan fingerprint density at radius 2 is 1.36 bits per heavy atom. The number of phenols is 1. The van der Waals surface area contributed by atoms with Crippen molar-refractivity contribution in [2.24, 2.45) is 0 Å². The van der Waals surface area contributed by atoms with Gasteiger partial charge in [-0.3, -0.25) is 25.0 Å². The Morgan fingerprint density at radius 1 is 0.911 bits per heavy atom.